The first-order valence-electron chi connectivity index (χ1n) is 8.93. The fourth-order valence-corrected chi connectivity index (χ4v) is 4.04. The molecule has 3 heterocycles. The molecule has 0 N–H and O–H groups in total. The number of ether oxygens (including phenoxy) is 1. The van der Waals surface area contributed by atoms with Crippen LogP contribution < -0.4 is 0 Å². The predicted octanol–water partition coefficient (Wildman–Crippen LogP) is 4.41. The highest BCUT2D eigenvalue weighted by Crippen LogP contribution is 2.20. The van der Waals surface area contributed by atoms with E-state index < -0.39 is 0 Å². The van der Waals surface area contributed by atoms with Gasteiger partial charge in [0.1, 0.15) is 0 Å². The number of hydrogen-bond donors (Lipinski definition) is 0. The second kappa shape index (κ2) is 8.25. The van der Waals surface area contributed by atoms with E-state index in [0.29, 0.717) is 23.7 Å². The Morgan fingerprint density at radius 1 is 1.33 bits per heavy atom. The molecule has 1 amide bonds. The molecule has 1 aromatic carbocycles. The second-order valence-corrected chi connectivity index (χ2v) is 8.02. The van der Waals surface area contributed by atoms with Gasteiger partial charge in [-0.15, -0.1) is 11.3 Å². The summed E-state index contributed by atoms with van der Waals surface area (Å²) in [7, 11) is 0. The fourth-order valence-electron chi connectivity index (χ4n) is 3.19. The average molecular weight is 402 g/mol. The summed E-state index contributed by atoms with van der Waals surface area (Å²) in [5, 5.41) is 7.04. The van der Waals surface area contributed by atoms with Gasteiger partial charge in [0, 0.05) is 29.2 Å². The van der Waals surface area contributed by atoms with Gasteiger partial charge in [-0.05, 0) is 48.6 Å². The van der Waals surface area contributed by atoms with E-state index in [2.05, 4.69) is 11.2 Å². The molecule has 0 radical (unpaired) electrons. The monoisotopic (exact) mass is 401 g/mol. The van der Waals surface area contributed by atoms with Crippen LogP contribution in [0, 0.1) is 0 Å². The highest BCUT2D eigenvalue weighted by atomic mass is 35.5. The largest absolute Gasteiger partial charge is 0.376 e. The lowest BCUT2D eigenvalue weighted by Crippen LogP contribution is -2.36. The molecule has 0 aliphatic carbocycles. The number of carbonyl (C=O) groups excluding carboxylic acids is 1. The maximum Gasteiger partial charge on any atom is 0.257 e. The number of rotatable bonds is 6. The molecule has 27 heavy (non-hydrogen) atoms. The van der Waals surface area contributed by atoms with Gasteiger partial charge in [0.05, 0.1) is 30.1 Å². The minimum absolute atomic E-state index is 0.0286. The molecule has 1 fully saturated rings. The summed E-state index contributed by atoms with van der Waals surface area (Å²) < 4.78 is 7.44. The van der Waals surface area contributed by atoms with Gasteiger partial charge in [0.15, 0.2) is 0 Å². The van der Waals surface area contributed by atoms with Gasteiger partial charge in [-0.2, -0.15) is 5.10 Å². The summed E-state index contributed by atoms with van der Waals surface area (Å²) in [6, 6.07) is 11.4. The van der Waals surface area contributed by atoms with Crippen LogP contribution in [0.4, 0.5) is 0 Å². The summed E-state index contributed by atoms with van der Waals surface area (Å²) in [5.41, 5.74) is 1.43. The molecular weight excluding hydrogens is 382 g/mol. The molecule has 1 saturated heterocycles. The van der Waals surface area contributed by atoms with Crippen molar-refractivity contribution in [2.24, 2.45) is 0 Å². The lowest BCUT2D eigenvalue weighted by molar-refractivity contribution is 0.0509. The molecule has 0 bridgehead atoms. The first-order valence-corrected chi connectivity index (χ1v) is 10.2. The van der Waals surface area contributed by atoms with Crippen LogP contribution in [0.2, 0.25) is 5.02 Å². The zero-order chi connectivity index (χ0) is 18.6. The van der Waals surface area contributed by atoms with Gasteiger partial charge in [-0.1, -0.05) is 17.7 Å². The molecule has 1 atom stereocenters. The Bertz CT molecular complexity index is 886. The minimum Gasteiger partial charge on any atom is -0.376 e. The molecule has 1 aliphatic heterocycles. The molecule has 7 heteroatoms. The van der Waals surface area contributed by atoms with E-state index in [9.17, 15) is 4.79 Å². The van der Waals surface area contributed by atoms with E-state index in [-0.39, 0.29) is 12.0 Å². The van der Waals surface area contributed by atoms with Crippen molar-refractivity contribution in [3.8, 4) is 5.69 Å². The van der Waals surface area contributed by atoms with Gasteiger partial charge in [0.25, 0.3) is 5.91 Å². The van der Waals surface area contributed by atoms with Crippen LogP contribution in [-0.2, 0) is 11.3 Å². The van der Waals surface area contributed by atoms with E-state index >= 15 is 0 Å². The Balaban J connectivity index is 1.54. The zero-order valence-corrected chi connectivity index (χ0v) is 16.3. The van der Waals surface area contributed by atoms with E-state index in [1.807, 2.05) is 28.5 Å². The number of halogens is 1. The first kappa shape index (κ1) is 18.2. The Kier molecular flexibility index (Phi) is 5.57. The van der Waals surface area contributed by atoms with Crippen LogP contribution >= 0.6 is 22.9 Å². The quantitative estimate of drug-likeness (QED) is 0.614. The lowest BCUT2D eigenvalue weighted by Gasteiger charge is -2.24. The van der Waals surface area contributed by atoms with Crippen LogP contribution in [-0.4, -0.2) is 39.8 Å². The van der Waals surface area contributed by atoms with Crippen LogP contribution in [0.15, 0.2) is 54.2 Å². The second-order valence-electron chi connectivity index (χ2n) is 6.55. The number of aromatic nitrogens is 2. The lowest BCUT2D eigenvalue weighted by atomic mass is 10.2. The van der Waals surface area contributed by atoms with E-state index in [4.69, 9.17) is 16.3 Å². The van der Waals surface area contributed by atoms with Crippen molar-refractivity contribution in [1.82, 2.24) is 14.7 Å². The SMILES string of the molecule is O=C(c1cnn(-c2ccc(Cl)cc2)c1)N(Cc1cccs1)CC1CCCO1. The molecule has 1 aliphatic rings. The maximum atomic E-state index is 13.2. The van der Waals surface area contributed by atoms with Gasteiger partial charge in [0.2, 0.25) is 0 Å². The average Bonchev–Trinajstić information content (AvgIpc) is 3.44. The number of thiophene rings is 1. The van der Waals surface area contributed by atoms with Crippen molar-refractivity contribution in [3.63, 3.8) is 0 Å². The molecule has 0 spiro atoms. The third-order valence-electron chi connectivity index (χ3n) is 4.58. The third-order valence-corrected chi connectivity index (χ3v) is 5.70. The van der Waals surface area contributed by atoms with Gasteiger partial charge < -0.3 is 9.64 Å². The van der Waals surface area contributed by atoms with Gasteiger partial charge >= 0.3 is 0 Å². The fraction of sp³-hybridized carbons (Fsp3) is 0.300. The maximum absolute atomic E-state index is 13.2. The van der Waals surface area contributed by atoms with Crippen molar-refractivity contribution in [2.75, 3.05) is 13.2 Å². The van der Waals surface area contributed by atoms with Gasteiger partial charge in [-0.25, -0.2) is 4.68 Å². The van der Waals surface area contributed by atoms with Crippen LogP contribution in [0.3, 0.4) is 0 Å². The molecule has 0 saturated carbocycles. The van der Waals surface area contributed by atoms with Gasteiger partial charge in [-0.3, -0.25) is 4.79 Å². The summed E-state index contributed by atoms with van der Waals surface area (Å²) in [4.78, 5) is 16.2. The van der Waals surface area contributed by atoms with E-state index in [0.717, 1.165) is 30.0 Å². The van der Waals surface area contributed by atoms with Crippen molar-refractivity contribution in [2.45, 2.75) is 25.5 Å². The van der Waals surface area contributed by atoms with Crippen LogP contribution in [0.25, 0.3) is 5.69 Å². The van der Waals surface area contributed by atoms with Crippen LogP contribution in [0.1, 0.15) is 28.1 Å². The van der Waals surface area contributed by atoms with Crippen molar-refractivity contribution < 1.29 is 9.53 Å². The number of amides is 1. The Hall–Kier alpha value is -2.15. The number of hydrogen-bond acceptors (Lipinski definition) is 4. The smallest absolute Gasteiger partial charge is 0.257 e. The molecule has 2 aromatic heterocycles. The molecule has 4 rings (SSSR count). The topological polar surface area (TPSA) is 47.4 Å². The summed E-state index contributed by atoms with van der Waals surface area (Å²) in [5.74, 6) is -0.0286. The minimum atomic E-state index is -0.0286. The standard InChI is InChI=1S/C20H20ClN3O2S/c21-16-5-7-17(8-6-16)24-12-15(11-22-24)20(25)23(13-18-3-1-9-26-18)14-19-4-2-10-27-19/h2,4-8,10-12,18H,1,3,9,13-14H2. The molecule has 3 aromatic rings. The zero-order valence-electron chi connectivity index (χ0n) is 14.8. The van der Waals surface area contributed by atoms with Crippen molar-refractivity contribution in [1.29, 1.82) is 0 Å². The number of benzene rings is 1. The molecule has 5 nitrogen and oxygen atoms in total. The first-order chi connectivity index (χ1) is 13.2. The molecule has 140 valence electrons. The van der Waals surface area contributed by atoms with Crippen LogP contribution in [0.5, 0.6) is 0 Å². The summed E-state index contributed by atoms with van der Waals surface area (Å²) in [6.07, 6.45) is 5.55. The number of carbonyl (C=O) groups is 1. The highest BCUT2D eigenvalue weighted by Gasteiger charge is 2.24. The Morgan fingerprint density at radius 2 is 2.19 bits per heavy atom. The highest BCUT2D eigenvalue weighted by molar-refractivity contribution is 7.09. The molecular formula is C20H20ClN3O2S. The molecule has 1 unspecified atom stereocenters. The van der Waals surface area contributed by atoms with E-state index in [1.54, 1.807) is 40.5 Å². The predicted molar refractivity (Wildman–Crippen MR) is 107 cm³/mol. The Morgan fingerprint density at radius 3 is 2.89 bits per heavy atom. The van der Waals surface area contributed by atoms with Crippen molar-refractivity contribution >= 4 is 28.8 Å². The van der Waals surface area contributed by atoms with E-state index in [1.165, 1.54) is 0 Å². The Labute approximate surface area is 167 Å². The normalized spacial score (nSPS) is 16.6. The summed E-state index contributed by atoms with van der Waals surface area (Å²) in [6.45, 7) is 1.96. The third kappa shape index (κ3) is 4.40. The van der Waals surface area contributed by atoms with Crippen molar-refractivity contribution in [3.05, 3.63) is 69.6 Å². The summed E-state index contributed by atoms with van der Waals surface area (Å²) >= 11 is 7.60. The number of nitrogens with zero attached hydrogens (tertiary/aromatic N) is 3.